The van der Waals surface area contributed by atoms with Crippen molar-refractivity contribution in [1.82, 2.24) is 9.99 Å². The van der Waals surface area contributed by atoms with Crippen LogP contribution >= 0.6 is 39.1 Å². The summed E-state index contributed by atoms with van der Waals surface area (Å²) in [5.74, 6) is -7.48. The van der Waals surface area contributed by atoms with Crippen molar-refractivity contribution >= 4 is 74.3 Å². The maximum atomic E-state index is 15.4. The number of nitrogens with zero attached hydrogens (tertiary/aromatic N) is 3. The Kier molecular flexibility index (Phi) is 9.68. The smallest absolute Gasteiger partial charge is 0.417 e. The number of hydrazine groups is 1. The van der Waals surface area contributed by atoms with Crippen LogP contribution in [0.25, 0.3) is 0 Å². The molecule has 57 heavy (non-hydrogen) atoms. The third-order valence-corrected chi connectivity index (χ3v) is 12.9. The van der Waals surface area contributed by atoms with Crippen LogP contribution in [0, 0.1) is 23.7 Å². The summed E-state index contributed by atoms with van der Waals surface area (Å²) in [6.45, 7) is 2.00. The highest BCUT2D eigenvalue weighted by Gasteiger charge is 2.70. The Balaban J connectivity index is 1.32. The molecule has 2 aliphatic carbocycles. The number of allylic oxidation sites excluding steroid dienone is 2. The maximum absolute atomic E-state index is 15.4. The van der Waals surface area contributed by atoms with E-state index < -0.39 is 69.5 Å². The Morgan fingerprint density at radius 1 is 0.982 bits per heavy atom. The first-order valence-corrected chi connectivity index (χ1v) is 19.5. The van der Waals surface area contributed by atoms with E-state index in [1.54, 1.807) is 48.5 Å². The molecule has 4 aliphatic rings. The molecular formula is C41H32BrCl2F3N4O6. The molecular weight excluding hydrogens is 852 g/mol. The summed E-state index contributed by atoms with van der Waals surface area (Å²) < 4.78 is 46.3. The number of imide groups is 2. The van der Waals surface area contributed by atoms with E-state index in [0.717, 1.165) is 17.0 Å². The normalized spacial score (nSPS) is 25.6. The number of alkyl halides is 3. The zero-order valence-corrected chi connectivity index (χ0v) is 33.2. The average Bonchev–Trinajstić information content (AvgIpc) is 3.57. The van der Waals surface area contributed by atoms with E-state index in [1.165, 1.54) is 12.0 Å². The second-order valence-electron chi connectivity index (χ2n) is 14.5. The molecule has 1 aromatic heterocycles. The highest BCUT2D eigenvalue weighted by molar-refractivity contribution is 9.10. The first-order valence-electron chi connectivity index (χ1n) is 18.0. The van der Waals surface area contributed by atoms with Crippen molar-refractivity contribution in [2.75, 3.05) is 17.4 Å². The van der Waals surface area contributed by atoms with Gasteiger partial charge in [-0.15, -0.1) is 0 Å². The Labute approximate surface area is 342 Å². The number of phenols is 1. The zero-order chi connectivity index (χ0) is 40.7. The number of anilines is 2. The van der Waals surface area contributed by atoms with Gasteiger partial charge in [-0.05, 0) is 100 Å². The van der Waals surface area contributed by atoms with Gasteiger partial charge < -0.3 is 9.84 Å². The van der Waals surface area contributed by atoms with Crippen LogP contribution in [0.2, 0.25) is 10.0 Å². The van der Waals surface area contributed by atoms with Crippen LogP contribution in [0.3, 0.4) is 0 Å². The molecule has 2 N–H and O–H groups in total. The molecule has 8 rings (SSSR count). The van der Waals surface area contributed by atoms with Crippen molar-refractivity contribution in [3.63, 3.8) is 0 Å². The number of ether oxygens (including phenoxy) is 1. The predicted molar refractivity (Wildman–Crippen MR) is 208 cm³/mol. The number of fused-ring (bicyclic) bond motifs is 4. The number of carbonyl (C=O) groups is 4. The minimum absolute atomic E-state index is 0.0545. The topological polar surface area (TPSA) is 129 Å². The molecule has 2 aliphatic heterocycles. The number of hydrogen-bond donors (Lipinski definition) is 2. The standard InChI is InChI=1S/C41H32BrCl2F3N4O6/c1-3-19-4-10-24(11-5-19)50-36(53)26-13-12-25-27(32(26)38(50)55)17-28-37(54)51(49-35-30(44)16-22(18-48-35)41(45,46)47)39(56)40(28,21-6-8-23(43)9-7-21)33(25)20-14-29(42)34(52)31(15-20)57-2/h4-12,14-16,18,26-28,32-33,52H,3,13,17H2,1-2H3,(H,48,49). The van der Waals surface area contributed by atoms with Gasteiger partial charge >= 0.3 is 6.18 Å². The second kappa shape index (κ2) is 14.2. The van der Waals surface area contributed by atoms with Crippen molar-refractivity contribution < 1.29 is 42.2 Å². The molecule has 294 valence electrons. The molecule has 3 aromatic carbocycles. The molecule has 2 saturated heterocycles. The van der Waals surface area contributed by atoms with Gasteiger partial charge in [0.2, 0.25) is 11.8 Å². The Bertz CT molecular complexity index is 2400. The molecule has 0 radical (unpaired) electrons. The van der Waals surface area contributed by atoms with Crippen molar-refractivity contribution in [2.45, 2.75) is 43.7 Å². The van der Waals surface area contributed by atoms with Gasteiger partial charge in [-0.3, -0.25) is 29.5 Å². The van der Waals surface area contributed by atoms with E-state index in [9.17, 15) is 32.7 Å². The number of methoxy groups -OCH3 is 1. The number of phenolic OH excluding ortho intramolecular Hbond substituents is 1. The van der Waals surface area contributed by atoms with Crippen molar-refractivity contribution in [2.24, 2.45) is 23.7 Å². The van der Waals surface area contributed by atoms with Crippen LogP contribution in [-0.2, 0) is 37.2 Å². The van der Waals surface area contributed by atoms with Crippen LogP contribution in [0.4, 0.5) is 24.7 Å². The third-order valence-electron chi connectivity index (χ3n) is 11.8. The van der Waals surface area contributed by atoms with Gasteiger partial charge in [-0.25, -0.2) is 4.98 Å². The minimum Gasteiger partial charge on any atom is -0.503 e. The highest BCUT2D eigenvalue weighted by Crippen LogP contribution is 2.65. The zero-order valence-electron chi connectivity index (χ0n) is 30.1. The van der Waals surface area contributed by atoms with Gasteiger partial charge in [-0.2, -0.15) is 18.2 Å². The van der Waals surface area contributed by atoms with Gasteiger partial charge in [0.15, 0.2) is 17.3 Å². The van der Waals surface area contributed by atoms with Crippen LogP contribution in [0.15, 0.2) is 89.0 Å². The Morgan fingerprint density at radius 3 is 2.32 bits per heavy atom. The van der Waals surface area contributed by atoms with Crippen molar-refractivity contribution in [3.05, 3.63) is 121 Å². The summed E-state index contributed by atoms with van der Waals surface area (Å²) in [6.07, 6.45) is -1.49. The number of benzene rings is 3. The monoisotopic (exact) mass is 882 g/mol. The first-order chi connectivity index (χ1) is 27.1. The molecule has 16 heteroatoms. The quantitative estimate of drug-likeness (QED) is 0.140. The number of aryl methyl sites for hydroxylation is 1. The van der Waals surface area contributed by atoms with E-state index in [2.05, 4.69) is 26.3 Å². The summed E-state index contributed by atoms with van der Waals surface area (Å²) in [7, 11) is 1.36. The van der Waals surface area contributed by atoms with Gasteiger partial charge in [0, 0.05) is 17.1 Å². The number of rotatable bonds is 7. The van der Waals surface area contributed by atoms with Gasteiger partial charge in [0.05, 0.1) is 51.0 Å². The number of carbonyl (C=O) groups excluding carboxylic acids is 4. The molecule has 3 heterocycles. The number of pyridine rings is 1. The number of nitrogens with one attached hydrogen (secondary N) is 1. The number of aromatic hydroxyl groups is 1. The summed E-state index contributed by atoms with van der Waals surface area (Å²) in [5.41, 5.74) is 2.61. The van der Waals surface area contributed by atoms with Crippen LogP contribution in [-0.4, -0.2) is 45.8 Å². The van der Waals surface area contributed by atoms with E-state index in [1.807, 2.05) is 25.1 Å². The fourth-order valence-electron chi connectivity index (χ4n) is 9.21. The summed E-state index contributed by atoms with van der Waals surface area (Å²) in [4.78, 5) is 64.1. The first kappa shape index (κ1) is 38.9. The van der Waals surface area contributed by atoms with Crippen LogP contribution < -0.4 is 15.1 Å². The molecule has 3 fully saturated rings. The van der Waals surface area contributed by atoms with E-state index in [0.29, 0.717) is 39.7 Å². The Morgan fingerprint density at radius 2 is 1.68 bits per heavy atom. The lowest BCUT2D eigenvalue weighted by atomic mass is 9.49. The fraction of sp³-hybridized carbons (Fsp3) is 0.293. The van der Waals surface area contributed by atoms with Crippen molar-refractivity contribution in [1.29, 1.82) is 0 Å². The fourth-order valence-corrected chi connectivity index (χ4v) is 10.0. The third kappa shape index (κ3) is 6.01. The van der Waals surface area contributed by atoms with Gasteiger partial charge in [0.25, 0.3) is 11.8 Å². The largest absolute Gasteiger partial charge is 0.503 e. The van der Waals surface area contributed by atoms with Gasteiger partial charge in [0.1, 0.15) is 0 Å². The SMILES string of the molecule is CCc1ccc(N2C(=O)C3CC=C4C(CC5C(=O)N(Nc6ncc(C(F)(F)F)cc6Cl)C(=O)C5(c5ccc(Cl)cc5)C4c4cc(Br)c(O)c(OC)c4)C3C2=O)cc1. The number of hydrogen-bond acceptors (Lipinski definition) is 8. The highest BCUT2D eigenvalue weighted by atomic mass is 79.9. The number of aromatic nitrogens is 1. The number of amides is 4. The lowest BCUT2D eigenvalue weighted by Crippen LogP contribution is -2.53. The van der Waals surface area contributed by atoms with Crippen LogP contribution in [0.1, 0.15) is 47.9 Å². The van der Waals surface area contributed by atoms with Crippen LogP contribution in [0.5, 0.6) is 11.5 Å². The molecule has 6 unspecified atom stereocenters. The average molecular weight is 885 g/mol. The van der Waals surface area contributed by atoms with Gasteiger partial charge in [-0.1, -0.05) is 66.0 Å². The maximum Gasteiger partial charge on any atom is 0.417 e. The number of halogens is 6. The summed E-state index contributed by atoms with van der Waals surface area (Å²) in [5, 5.41) is 11.5. The Hall–Kier alpha value is -4.92. The van der Waals surface area contributed by atoms with E-state index in [-0.39, 0.29) is 40.5 Å². The van der Waals surface area contributed by atoms with E-state index in [4.69, 9.17) is 27.9 Å². The summed E-state index contributed by atoms with van der Waals surface area (Å²) >= 11 is 16.0. The molecule has 4 aromatic rings. The second-order valence-corrected chi connectivity index (χ2v) is 16.2. The lowest BCUT2D eigenvalue weighted by molar-refractivity contribution is -0.139. The molecule has 4 amide bonds. The summed E-state index contributed by atoms with van der Waals surface area (Å²) in [6, 6.07) is 17.4. The molecule has 6 atom stereocenters. The van der Waals surface area contributed by atoms with E-state index >= 15 is 4.79 Å². The van der Waals surface area contributed by atoms with Crippen molar-refractivity contribution in [3.8, 4) is 11.5 Å². The minimum atomic E-state index is -4.76. The molecule has 0 bridgehead atoms. The molecule has 0 spiro atoms. The molecule has 1 saturated carbocycles. The molecule has 10 nitrogen and oxygen atoms in total. The predicted octanol–water partition coefficient (Wildman–Crippen LogP) is 8.64. The lowest BCUT2D eigenvalue weighted by Gasteiger charge is -2.50.